The van der Waals surface area contributed by atoms with Gasteiger partial charge in [0, 0.05) is 26.7 Å². The molecular formula is C18H26N2O3. The molecule has 126 valence electrons. The zero-order valence-electron chi connectivity index (χ0n) is 14.0. The summed E-state index contributed by atoms with van der Waals surface area (Å²) in [6, 6.07) is 8.08. The second-order valence-electron chi connectivity index (χ2n) is 6.63. The average molecular weight is 318 g/mol. The first-order valence-electron chi connectivity index (χ1n) is 8.45. The van der Waals surface area contributed by atoms with Crippen LogP contribution in [-0.2, 0) is 14.3 Å². The van der Waals surface area contributed by atoms with Crippen molar-refractivity contribution in [2.24, 2.45) is 5.92 Å². The fourth-order valence-electron chi connectivity index (χ4n) is 3.42. The summed E-state index contributed by atoms with van der Waals surface area (Å²) in [6.45, 7) is 5.28. The highest BCUT2D eigenvalue weighted by molar-refractivity contribution is 5.98. The predicted octanol–water partition coefficient (Wildman–Crippen LogP) is 2.30. The van der Waals surface area contributed by atoms with Crippen LogP contribution in [-0.4, -0.2) is 52.0 Å². The zero-order chi connectivity index (χ0) is 16.2. The Morgan fingerprint density at radius 1 is 1.30 bits per heavy atom. The number of hydrogen-bond donors (Lipinski definition) is 0. The SMILES string of the molecule is CC1CN(C)c2ccccc2N(C(=O)COCC2CCCO2)C1. The first-order chi connectivity index (χ1) is 11.1. The fourth-order valence-corrected chi connectivity index (χ4v) is 3.42. The first kappa shape index (κ1) is 16.3. The lowest BCUT2D eigenvalue weighted by Gasteiger charge is -2.24. The second kappa shape index (κ2) is 7.32. The Morgan fingerprint density at radius 3 is 2.83 bits per heavy atom. The van der Waals surface area contributed by atoms with Crippen molar-refractivity contribution < 1.29 is 14.3 Å². The van der Waals surface area contributed by atoms with Crippen molar-refractivity contribution in [1.82, 2.24) is 0 Å². The maximum Gasteiger partial charge on any atom is 0.253 e. The van der Waals surface area contributed by atoms with Crippen molar-refractivity contribution in [3.63, 3.8) is 0 Å². The van der Waals surface area contributed by atoms with E-state index in [1.807, 2.05) is 23.1 Å². The van der Waals surface area contributed by atoms with E-state index in [-0.39, 0.29) is 18.6 Å². The lowest BCUT2D eigenvalue weighted by Crippen LogP contribution is -2.37. The van der Waals surface area contributed by atoms with Gasteiger partial charge in [-0.15, -0.1) is 0 Å². The summed E-state index contributed by atoms with van der Waals surface area (Å²) in [5.41, 5.74) is 2.08. The van der Waals surface area contributed by atoms with Crippen LogP contribution < -0.4 is 9.80 Å². The van der Waals surface area contributed by atoms with E-state index in [0.717, 1.165) is 43.9 Å². The Morgan fingerprint density at radius 2 is 2.09 bits per heavy atom. The molecule has 5 nitrogen and oxygen atoms in total. The number of carbonyl (C=O) groups is 1. The lowest BCUT2D eigenvalue weighted by atomic mass is 10.1. The van der Waals surface area contributed by atoms with Gasteiger partial charge in [0.15, 0.2) is 0 Å². The van der Waals surface area contributed by atoms with Crippen molar-refractivity contribution in [1.29, 1.82) is 0 Å². The van der Waals surface area contributed by atoms with Crippen LogP contribution in [0.3, 0.4) is 0 Å². The number of carbonyl (C=O) groups excluding carboxylic acids is 1. The van der Waals surface area contributed by atoms with Gasteiger partial charge in [-0.05, 0) is 30.9 Å². The second-order valence-corrected chi connectivity index (χ2v) is 6.63. The fraction of sp³-hybridized carbons (Fsp3) is 0.611. The highest BCUT2D eigenvalue weighted by Gasteiger charge is 2.26. The molecule has 2 aliphatic rings. The van der Waals surface area contributed by atoms with Gasteiger partial charge in [-0.3, -0.25) is 4.79 Å². The molecule has 5 heteroatoms. The molecule has 23 heavy (non-hydrogen) atoms. The minimum Gasteiger partial charge on any atom is -0.376 e. The van der Waals surface area contributed by atoms with Gasteiger partial charge in [-0.1, -0.05) is 19.1 Å². The molecule has 2 atom stereocenters. The van der Waals surface area contributed by atoms with Crippen LogP contribution >= 0.6 is 0 Å². The molecule has 1 aromatic rings. The molecule has 2 aliphatic heterocycles. The van der Waals surface area contributed by atoms with E-state index >= 15 is 0 Å². The lowest BCUT2D eigenvalue weighted by molar-refractivity contribution is -0.124. The van der Waals surface area contributed by atoms with Crippen LogP contribution in [0.1, 0.15) is 19.8 Å². The van der Waals surface area contributed by atoms with Crippen LogP contribution in [0.4, 0.5) is 11.4 Å². The third-order valence-corrected chi connectivity index (χ3v) is 4.52. The first-order valence-corrected chi connectivity index (χ1v) is 8.45. The molecular weight excluding hydrogens is 292 g/mol. The van der Waals surface area contributed by atoms with Crippen molar-refractivity contribution in [3.05, 3.63) is 24.3 Å². The quantitative estimate of drug-likeness (QED) is 0.854. The Hall–Kier alpha value is -1.59. The molecule has 1 amide bonds. The summed E-state index contributed by atoms with van der Waals surface area (Å²) in [6.07, 6.45) is 2.28. The molecule has 0 aromatic heterocycles. The number of anilines is 2. The molecule has 1 saturated heterocycles. The Balaban J connectivity index is 1.66. The van der Waals surface area contributed by atoms with E-state index in [1.165, 1.54) is 0 Å². The van der Waals surface area contributed by atoms with Crippen molar-refractivity contribution >= 4 is 17.3 Å². The van der Waals surface area contributed by atoms with E-state index in [0.29, 0.717) is 12.5 Å². The van der Waals surface area contributed by atoms with Crippen molar-refractivity contribution in [2.45, 2.75) is 25.9 Å². The van der Waals surface area contributed by atoms with E-state index in [1.54, 1.807) is 0 Å². The number of para-hydroxylation sites is 2. The molecule has 0 bridgehead atoms. The van der Waals surface area contributed by atoms with Gasteiger partial charge in [0.05, 0.1) is 24.1 Å². The van der Waals surface area contributed by atoms with Crippen molar-refractivity contribution in [2.75, 3.05) is 49.8 Å². The summed E-state index contributed by atoms with van der Waals surface area (Å²) in [5.74, 6) is 0.437. The highest BCUT2D eigenvalue weighted by atomic mass is 16.5. The molecule has 0 radical (unpaired) electrons. The Kier molecular flexibility index (Phi) is 5.18. The van der Waals surface area contributed by atoms with Crippen LogP contribution in [0.5, 0.6) is 0 Å². The predicted molar refractivity (Wildman–Crippen MR) is 91.0 cm³/mol. The number of benzene rings is 1. The number of fused-ring (bicyclic) bond motifs is 1. The third-order valence-electron chi connectivity index (χ3n) is 4.52. The van der Waals surface area contributed by atoms with Crippen LogP contribution in [0.25, 0.3) is 0 Å². The van der Waals surface area contributed by atoms with Gasteiger partial charge in [0.25, 0.3) is 5.91 Å². The maximum absolute atomic E-state index is 12.7. The number of rotatable bonds is 4. The number of ether oxygens (including phenoxy) is 2. The van der Waals surface area contributed by atoms with Gasteiger partial charge >= 0.3 is 0 Å². The normalized spacial score (nSPS) is 24.4. The minimum atomic E-state index is 0.0256. The zero-order valence-corrected chi connectivity index (χ0v) is 14.0. The standard InChI is InChI=1S/C18H26N2O3/c1-14-10-19(2)16-7-3-4-8-17(16)20(11-14)18(21)13-22-12-15-6-5-9-23-15/h3-4,7-8,14-15H,5-6,9-13H2,1-2H3. The number of nitrogens with zero attached hydrogens (tertiary/aromatic N) is 2. The van der Waals surface area contributed by atoms with Crippen LogP contribution in [0.15, 0.2) is 24.3 Å². The van der Waals surface area contributed by atoms with E-state index < -0.39 is 0 Å². The summed E-state index contributed by atoms with van der Waals surface area (Å²) in [5, 5.41) is 0. The smallest absolute Gasteiger partial charge is 0.253 e. The topological polar surface area (TPSA) is 42.0 Å². The summed E-state index contributed by atoms with van der Waals surface area (Å²) < 4.78 is 11.2. The molecule has 0 aliphatic carbocycles. The van der Waals surface area contributed by atoms with Crippen LogP contribution in [0, 0.1) is 5.92 Å². The van der Waals surface area contributed by atoms with Gasteiger partial charge < -0.3 is 19.3 Å². The Labute approximate surface area is 138 Å². The van der Waals surface area contributed by atoms with E-state index in [9.17, 15) is 4.79 Å². The largest absolute Gasteiger partial charge is 0.376 e. The van der Waals surface area contributed by atoms with E-state index in [4.69, 9.17) is 9.47 Å². The van der Waals surface area contributed by atoms with Gasteiger partial charge in [0.2, 0.25) is 0 Å². The van der Waals surface area contributed by atoms with Crippen LogP contribution in [0.2, 0.25) is 0 Å². The molecule has 1 fully saturated rings. The maximum atomic E-state index is 12.7. The number of hydrogen-bond acceptors (Lipinski definition) is 4. The van der Waals surface area contributed by atoms with Gasteiger partial charge in [-0.2, -0.15) is 0 Å². The highest BCUT2D eigenvalue weighted by Crippen LogP contribution is 2.32. The molecule has 0 spiro atoms. The van der Waals surface area contributed by atoms with Gasteiger partial charge in [-0.25, -0.2) is 0 Å². The third kappa shape index (κ3) is 3.85. The van der Waals surface area contributed by atoms with E-state index in [2.05, 4.69) is 24.9 Å². The average Bonchev–Trinajstić information content (AvgIpc) is 3.01. The summed E-state index contributed by atoms with van der Waals surface area (Å²) in [4.78, 5) is 16.8. The molecule has 2 unspecified atom stereocenters. The number of amides is 1. The molecule has 3 rings (SSSR count). The molecule has 0 saturated carbocycles. The Bertz CT molecular complexity index is 543. The monoisotopic (exact) mass is 318 g/mol. The van der Waals surface area contributed by atoms with Crippen molar-refractivity contribution in [3.8, 4) is 0 Å². The molecule has 1 aromatic carbocycles. The van der Waals surface area contributed by atoms with Gasteiger partial charge in [0.1, 0.15) is 6.61 Å². The summed E-state index contributed by atoms with van der Waals surface area (Å²) in [7, 11) is 2.08. The summed E-state index contributed by atoms with van der Waals surface area (Å²) >= 11 is 0. The molecule has 0 N–H and O–H groups in total. The minimum absolute atomic E-state index is 0.0256. The molecule has 2 heterocycles.